The summed E-state index contributed by atoms with van der Waals surface area (Å²) in [5.74, 6) is -0.208. The summed E-state index contributed by atoms with van der Waals surface area (Å²) in [4.78, 5) is 12.5. The highest BCUT2D eigenvalue weighted by molar-refractivity contribution is 5.92. The molecule has 4 N–H and O–H groups in total. The minimum Gasteiger partial charge on any atom is -0.462 e. The van der Waals surface area contributed by atoms with Crippen molar-refractivity contribution in [3.63, 3.8) is 0 Å². The van der Waals surface area contributed by atoms with Gasteiger partial charge < -0.3 is 20.9 Å². The van der Waals surface area contributed by atoms with E-state index in [4.69, 9.17) is 20.9 Å². The van der Waals surface area contributed by atoms with Gasteiger partial charge in [-0.05, 0) is 25.5 Å². The smallest absolute Gasteiger partial charge is 0.340 e. The van der Waals surface area contributed by atoms with Crippen molar-refractivity contribution in [1.82, 2.24) is 0 Å². The lowest BCUT2D eigenvalue weighted by Crippen LogP contribution is -2.27. The van der Waals surface area contributed by atoms with Crippen molar-refractivity contribution in [3.8, 4) is 5.75 Å². The summed E-state index contributed by atoms with van der Waals surface area (Å²) < 4.78 is 10.8. The third-order valence-corrected chi connectivity index (χ3v) is 4.03. The van der Waals surface area contributed by atoms with Gasteiger partial charge in [-0.3, -0.25) is 0 Å². The number of esters is 1. The van der Waals surface area contributed by atoms with E-state index in [1.165, 1.54) is 0 Å². The largest absolute Gasteiger partial charge is 0.462 e. The first-order valence-electron chi connectivity index (χ1n) is 7.82. The van der Waals surface area contributed by atoms with Crippen molar-refractivity contribution in [1.29, 1.82) is 0 Å². The van der Waals surface area contributed by atoms with Crippen LogP contribution < -0.4 is 16.2 Å². The molecule has 1 aliphatic heterocycles. The second-order valence-corrected chi connectivity index (χ2v) is 5.74. The number of hydrogen-bond donors (Lipinski definition) is 2. The Balaban J connectivity index is 2.18. The molecule has 5 heteroatoms. The summed E-state index contributed by atoms with van der Waals surface area (Å²) >= 11 is 0. The van der Waals surface area contributed by atoms with E-state index >= 15 is 0 Å². The Morgan fingerprint density at radius 1 is 1.17 bits per heavy atom. The van der Waals surface area contributed by atoms with Gasteiger partial charge in [-0.2, -0.15) is 0 Å². The summed E-state index contributed by atoms with van der Waals surface area (Å²) in [6.45, 7) is 4.04. The van der Waals surface area contributed by atoms with Crippen molar-refractivity contribution in [2.45, 2.75) is 19.8 Å². The lowest BCUT2D eigenvalue weighted by molar-refractivity contribution is -0.139. The molecule has 3 rings (SSSR count). The Kier molecular flexibility index (Phi) is 4.16. The summed E-state index contributed by atoms with van der Waals surface area (Å²) in [7, 11) is 0. The Morgan fingerprint density at radius 2 is 1.88 bits per heavy atom. The highest BCUT2D eigenvalue weighted by atomic mass is 16.5. The Bertz CT molecular complexity index is 810. The van der Waals surface area contributed by atoms with E-state index in [9.17, 15) is 4.79 Å². The standard InChI is InChI=1S/C19H20N2O3/c1-3-23-19(22)17-16(12-6-4-11(2)5-7-12)14-9-8-13(20)10-15(14)24-18(17)21/h4-10,16H,3,20-21H2,1-2H3/t16-/m1/s1. The number of benzene rings is 2. The highest BCUT2D eigenvalue weighted by Gasteiger charge is 2.35. The lowest BCUT2D eigenvalue weighted by atomic mass is 9.82. The summed E-state index contributed by atoms with van der Waals surface area (Å²) in [5, 5.41) is 0. The van der Waals surface area contributed by atoms with Crippen LogP contribution in [0.5, 0.6) is 5.75 Å². The normalized spacial score (nSPS) is 16.3. The molecule has 0 aromatic heterocycles. The minimum absolute atomic E-state index is 0.0529. The van der Waals surface area contributed by atoms with E-state index in [2.05, 4.69) is 0 Å². The van der Waals surface area contributed by atoms with Gasteiger partial charge in [-0.1, -0.05) is 35.9 Å². The van der Waals surface area contributed by atoms with E-state index in [-0.39, 0.29) is 18.4 Å². The molecule has 124 valence electrons. The molecule has 0 amide bonds. The van der Waals surface area contributed by atoms with Crippen LogP contribution in [0, 0.1) is 6.92 Å². The maximum atomic E-state index is 12.5. The third-order valence-electron chi connectivity index (χ3n) is 4.03. The predicted octanol–water partition coefficient (Wildman–Crippen LogP) is 2.83. The topological polar surface area (TPSA) is 87.6 Å². The molecule has 24 heavy (non-hydrogen) atoms. The molecule has 0 radical (unpaired) electrons. The lowest BCUT2D eigenvalue weighted by Gasteiger charge is -2.28. The van der Waals surface area contributed by atoms with Gasteiger partial charge in [0.05, 0.1) is 12.5 Å². The van der Waals surface area contributed by atoms with Crippen LogP contribution in [0.2, 0.25) is 0 Å². The van der Waals surface area contributed by atoms with Gasteiger partial charge in [0.25, 0.3) is 0 Å². The van der Waals surface area contributed by atoms with Crippen molar-refractivity contribution < 1.29 is 14.3 Å². The summed E-state index contributed by atoms with van der Waals surface area (Å²) in [6, 6.07) is 13.3. The zero-order chi connectivity index (χ0) is 17.3. The highest BCUT2D eigenvalue weighted by Crippen LogP contribution is 2.43. The van der Waals surface area contributed by atoms with Gasteiger partial charge in [0, 0.05) is 17.3 Å². The average molecular weight is 324 g/mol. The maximum absolute atomic E-state index is 12.5. The average Bonchev–Trinajstić information content (AvgIpc) is 2.54. The van der Waals surface area contributed by atoms with Crippen molar-refractivity contribution in [2.24, 2.45) is 5.73 Å². The van der Waals surface area contributed by atoms with Crippen molar-refractivity contribution in [3.05, 3.63) is 70.6 Å². The van der Waals surface area contributed by atoms with E-state index in [0.29, 0.717) is 17.0 Å². The van der Waals surface area contributed by atoms with E-state index in [1.807, 2.05) is 37.3 Å². The molecule has 1 heterocycles. The van der Waals surface area contributed by atoms with Crippen molar-refractivity contribution in [2.75, 3.05) is 12.3 Å². The third kappa shape index (κ3) is 2.80. The molecule has 0 unspecified atom stereocenters. The molecule has 0 aliphatic carbocycles. The number of nitrogens with two attached hydrogens (primary N) is 2. The minimum atomic E-state index is -0.469. The molecule has 0 saturated heterocycles. The quantitative estimate of drug-likeness (QED) is 0.669. The second-order valence-electron chi connectivity index (χ2n) is 5.74. The number of fused-ring (bicyclic) bond motifs is 1. The molecule has 0 saturated carbocycles. The fourth-order valence-corrected chi connectivity index (χ4v) is 2.88. The first kappa shape index (κ1) is 15.9. The number of nitrogen functional groups attached to an aromatic ring is 1. The van der Waals surface area contributed by atoms with Gasteiger partial charge in [0.1, 0.15) is 11.3 Å². The Labute approximate surface area is 140 Å². The van der Waals surface area contributed by atoms with Crippen molar-refractivity contribution >= 4 is 11.7 Å². The maximum Gasteiger partial charge on any atom is 0.340 e. The summed E-state index contributed by atoms with van der Waals surface area (Å²) in [6.07, 6.45) is 0. The van der Waals surface area contributed by atoms with E-state index < -0.39 is 5.97 Å². The number of ether oxygens (including phenoxy) is 2. The van der Waals surface area contributed by atoms with Gasteiger partial charge in [0.2, 0.25) is 5.88 Å². The fourth-order valence-electron chi connectivity index (χ4n) is 2.88. The van der Waals surface area contributed by atoms with E-state index in [0.717, 1.165) is 16.7 Å². The molecule has 2 aromatic carbocycles. The second kappa shape index (κ2) is 6.28. The fraction of sp³-hybridized carbons (Fsp3) is 0.211. The number of rotatable bonds is 3. The molecule has 0 fully saturated rings. The van der Waals surface area contributed by atoms with Gasteiger partial charge in [-0.25, -0.2) is 4.79 Å². The molecule has 2 aromatic rings. The van der Waals surface area contributed by atoms with Gasteiger partial charge in [-0.15, -0.1) is 0 Å². The Morgan fingerprint density at radius 3 is 2.54 bits per heavy atom. The molecule has 1 atom stereocenters. The van der Waals surface area contributed by atoms with Crippen LogP contribution in [-0.2, 0) is 9.53 Å². The number of hydrogen-bond acceptors (Lipinski definition) is 5. The molecule has 0 bridgehead atoms. The monoisotopic (exact) mass is 324 g/mol. The number of anilines is 1. The molecule has 1 aliphatic rings. The van der Waals surface area contributed by atoms with Crippen LogP contribution in [0.4, 0.5) is 5.69 Å². The van der Waals surface area contributed by atoms with Crippen LogP contribution in [0.25, 0.3) is 0 Å². The molecular weight excluding hydrogens is 304 g/mol. The molecular formula is C19H20N2O3. The first-order chi connectivity index (χ1) is 11.5. The predicted molar refractivity (Wildman–Crippen MR) is 92.4 cm³/mol. The number of carbonyl (C=O) groups is 1. The van der Waals surface area contributed by atoms with Crippen LogP contribution in [0.1, 0.15) is 29.5 Å². The Hall–Kier alpha value is -2.95. The first-order valence-corrected chi connectivity index (χ1v) is 7.82. The van der Waals surface area contributed by atoms with Gasteiger partial charge in [0.15, 0.2) is 0 Å². The SMILES string of the molecule is CCOC(=O)C1=C(N)Oc2cc(N)ccc2[C@H]1c1ccc(C)cc1. The van der Waals surface area contributed by atoms with Crippen LogP contribution in [-0.4, -0.2) is 12.6 Å². The summed E-state index contributed by atoms with van der Waals surface area (Å²) in [5.41, 5.74) is 15.7. The van der Waals surface area contributed by atoms with Gasteiger partial charge >= 0.3 is 5.97 Å². The van der Waals surface area contributed by atoms with Crippen LogP contribution in [0.3, 0.4) is 0 Å². The van der Waals surface area contributed by atoms with Crippen LogP contribution in [0.15, 0.2) is 53.9 Å². The molecule has 0 spiro atoms. The number of aryl methyl sites for hydroxylation is 1. The molecule has 5 nitrogen and oxygen atoms in total. The number of carbonyl (C=O) groups excluding carboxylic acids is 1. The zero-order valence-corrected chi connectivity index (χ0v) is 13.7. The van der Waals surface area contributed by atoms with Crippen LogP contribution >= 0.6 is 0 Å². The van der Waals surface area contributed by atoms with E-state index in [1.54, 1.807) is 19.1 Å². The zero-order valence-electron chi connectivity index (χ0n) is 13.7.